The quantitative estimate of drug-likeness (QED) is 0.391. The summed E-state index contributed by atoms with van der Waals surface area (Å²) in [5.41, 5.74) is 12.7. The van der Waals surface area contributed by atoms with E-state index in [4.69, 9.17) is 27.8 Å². The number of hydrogen-bond donors (Lipinski definition) is 4. The molecule has 2 bridgehead atoms. The van der Waals surface area contributed by atoms with Crippen LogP contribution >= 0.6 is 11.6 Å². The molecular weight excluding hydrogens is 427 g/mol. The Morgan fingerprint density at radius 2 is 2.13 bits per heavy atom. The third-order valence-electron chi connectivity index (χ3n) is 5.98. The number of benzene rings is 1. The van der Waals surface area contributed by atoms with Crippen molar-refractivity contribution in [2.75, 3.05) is 11.1 Å². The number of rotatable bonds is 6. The molecule has 11 heteroatoms. The van der Waals surface area contributed by atoms with Gasteiger partial charge in [0.25, 0.3) is 0 Å². The molecule has 164 valence electrons. The van der Waals surface area contributed by atoms with E-state index >= 15 is 0 Å². The minimum absolute atomic E-state index is 0.0420. The summed E-state index contributed by atoms with van der Waals surface area (Å²) in [6.45, 7) is 0.0773. The highest BCUT2D eigenvalue weighted by molar-refractivity contribution is 6.28. The summed E-state index contributed by atoms with van der Waals surface area (Å²) in [5, 5.41) is 5.70. The van der Waals surface area contributed by atoms with Crippen LogP contribution < -0.4 is 22.1 Å². The molecule has 9 nitrogen and oxygen atoms in total. The average Bonchev–Trinajstić information content (AvgIpc) is 3.27. The highest BCUT2D eigenvalue weighted by Gasteiger charge is 2.55. The largest absolute Gasteiger partial charge is 0.445 e. The number of anilines is 2. The number of nitrogens with zero attached hydrogens (tertiary/aromatic N) is 2. The number of amides is 2. The van der Waals surface area contributed by atoms with E-state index in [0.29, 0.717) is 18.5 Å². The zero-order chi connectivity index (χ0) is 22.1. The predicted octanol–water partition coefficient (Wildman–Crippen LogP) is 2.07. The minimum atomic E-state index is -0.693. The highest BCUT2D eigenvalue weighted by Crippen LogP contribution is 2.49. The van der Waals surface area contributed by atoms with Gasteiger partial charge in [0.15, 0.2) is 11.6 Å². The molecule has 0 saturated heterocycles. The summed E-state index contributed by atoms with van der Waals surface area (Å²) >= 11 is 5.77. The first kappa shape index (κ1) is 21.1. The highest BCUT2D eigenvalue weighted by atomic mass is 35.5. The lowest BCUT2D eigenvalue weighted by atomic mass is 9.81. The van der Waals surface area contributed by atoms with Crippen LogP contribution in [0.5, 0.6) is 0 Å². The van der Waals surface area contributed by atoms with Crippen LogP contribution in [0.2, 0.25) is 5.28 Å². The van der Waals surface area contributed by atoms with Gasteiger partial charge in [0.2, 0.25) is 11.2 Å². The van der Waals surface area contributed by atoms with Gasteiger partial charge in [0.1, 0.15) is 6.61 Å². The molecule has 1 heterocycles. The van der Waals surface area contributed by atoms with Gasteiger partial charge in [-0.1, -0.05) is 12.1 Å². The van der Waals surface area contributed by atoms with Crippen molar-refractivity contribution in [2.45, 2.75) is 31.5 Å². The Morgan fingerprint density at radius 1 is 1.32 bits per heavy atom. The molecule has 0 radical (unpaired) electrons. The fourth-order valence-electron chi connectivity index (χ4n) is 4.76. The molecule has 0 aliphatic heterocycles. The van der Waals surface area contributed by atoms with Crippen LogP contribution in [0.3, 0.4) is 0 Å². The SMILES string of the molecule is NC(=O)[C@H]1[C@H]2C[C@@H]([C@H]1Nc1nc(Cl)ncc1F)[C@H](NC(=O)OCc1cccc(N)c1)C2. The number of nitrogens with one attached hydrogen (secondary N) is 2. The van der Waals surface area contributed by atoms with E-state index in [-0.39, 0.29) is 35.6 Å². The summed E-state index contributed by atoms with van der Waals surface area (Å²) in [7, 11) is 0. The van der Waals surface area contributed by atoms with Crippen LogP contribution in [0.15, 0.2) is 30.5 Å². The third-order valence-corrected chi connectivity index (χ3v) is 6.16. The van der Waals surface area contributed by atoms with Gasteiger partial charge in [0.05, 0.1) is 12.1 Å². The number of carbonyl (C=O) groups excluding carboxylic acids is 2. The number of nitrogens with two attached hydrogens (primary N) is 2. The van der Waals surface area contributed by atoms with Crippen molar-refractivity contribution in [2.24, 2.45) is 23.5 Å². The van der Waals surface area contributed by atoms with Crippen LogP contribution in [0.25, 0.3) is 0 Å². The number of primary amides is 1. The second kappa shape index (κ2) is 8.54. The van der Waals surface area contributed by atoms with Crippen molar-refractivity contribution in [1.29, 1.82) is 0 Å². The number of halogens is 2. The van der Waals surface area contributed by atoms with E-state index in [1.54, 1.807) is 24.3 Å². The van der Waals surface area contributed by atoms with Crippen molar-refractivity contribution in [3.63, 3.8) is 0 Å². The fourth-order valence-corrected chi connectivity index (χ4v) is 4.90. The first-order valence-corrected chi connectivity index (χ1v) is 10.2. The first-order valence-electron chi connectivity index (χ1n) is 9.83. The van der Waals surface area contributed by atoms with Crippen molar-refractivity contribution >= 4 is 35.1 Å². The van der Waals surface area contributed by atoms with E-state index in [1.165, 1.54) is 0 Å². The smallest absolute Gasteiger partial charge is 0.407 e. The summed E-state index contributed by atoms with van der Waals surface area (Å²) in [6.07, 6.45) is 1.61. The molecule has 2 aliphatic rings. The molecule has 0 spiro atoms. The number of ether oxygens (including phenoxy) is 1. The lowest BCUT2D eigenvalue weighted by Crippen LogP contribution is -2.51. The molecule has 2 fully saturated rings. The molecule has 1 aromatic heterocycles. The van der Waals surface area contributed by atoms with E-state index in [1.807, 2.05) is 0 Å². The molecule has 6 N–H and O–H groups in total. The summed E-state index contributed by atoms with van der Waals surface area (Å²) < 4.78 is 19.4. The second-order valence-electron chi connectivity index (χ2n) is 7.90. The Labute approximate surface area is 182 Å². The number of fused-ring (bicyclic) bond motifs is 2. The zero-order valence-electron chi connectivity index (χ0n) is 16.4. The number of hydrogen-bond acceptors (Lipinski definition) is 7. The molecular formula is C20H22ClFN6O3. The van der Waals surface area contributed by atoms with E-state index in [9.17, 15) is 14.0 Å². The van der Waals surface area contributed by atoms with Crippen molar-refractivity contribution in [1.82, 2.24) is 15.3 Å². The Bertz CT molecular complexity index is 1010. The molecule has 2 aliphatic carbocycles. The predicted molar refractivity (Wildman–Crippen MR) is 111 cm³/mol. The lowest BCUT2D eigenvalue weighted by molar-refractivity contribution is -0.123. The second-order valence-corrected chi connectivity index (χ2v) is 8.24. The zero-order valence-corrected chi connectivity index (χ0v) is 17.2. The summed E-state index contributed by atoms with van der Waals surface area (Å²) in [4.78, 5) is 31.9. The molecule has 2 saturated carbocycles. The Morgan fingerprint density at radius 3 is 2.87 bits per heavy atom. The average molecular weight is 449 g/mol. The number of aromatic nitrogens is 2. The maximum atomic E-state index is 14.1. The molecule has 31 heavy (non-hydrogen) atoms. The third kappa shape index (κ3) is 4.48. The fraction of sp³-hybridized carbons (Fsp3) is 0.400. The van der Waals surface area contributed by atoms with Crippen molar-refractivity contribution < 1.29 is 18.7 Å². The number of nitrogen functional groups attached to an aromatic ring is 1. The van der Waals surface area contributed by atoms with Crippen LogP contribution in [0, 0.1) is 23.6 Å². The normalized spacial score (nSPS) is 26.5. The van der Waals surface area contributed by atoms with E-state index < -0.39 is 29.8 Å². The molecule has 2 aromatic rings. The maximum Gasteiger partial charge on any atom is 0.407 e. The molecule has 2 amide bonds. The lowest BCUT2D eigenvalue weighted by Gasteiger charge is -2.35. The molecule has 5 atom stereocenters. The Hall–Kier alpha value is -3.14. The van der Waals surface area contributed by atoms with Gasteiger partial charge in [-0.25, -0.2) is 14.2 Å². The van der Waals surface area contributed by atoms with Gasteiger partial charge in [-0.05, 0) is 48.1 Å². The number of carbonyl (C=O) groups is 2. The topological polar surface area (TPSA) is 145 Å². The summed E-state index contributed by atoms with van der Waals surface area (Å²) in [5.74, 6) is -1.99. The Balaban J connectivity index is 1.43. The minimum Gasteiger partial charge on any atom is -0.445 e. The molecule has 4 rings (SSSR count). The van der Waals surface area contributed by atoms with Gasteiger partial charge in [-0.2, -0.15) is 4.98 Å². The van der Waals surface area contributed by atoms with Crippen LogP contribution in [-0.2, 0) is 16.1 Å². The number of alkyl carbamates (subject to hydrolysis) is 1. The standard InChI is InChI=1S/C20H22ClFN6O3/c21-19-25-7-13(22)18(28-19)27-16-12-5-10(15(16)17(24)29)6-14(12)26-20(30)31-8-9-2-1-3-11(23)4-9/h1-4,7,10,12,14-16H,5-6,8,23H2,(H2,24,29)(H,26,30)(H,25,27,28)/t10-,12+,14+,15-,16+/m0/s1. The van der Waals surface area contributed by atoms with E-state index in [0.717, 1.165) is 11.8 Å². The molecule has 1 aromatic carbocycles. The first-order chi connectivity index (χ1) is 14.8. The Kier molecular flexibility index (Phi) is 5.81. The van der Waals surface area contributed by atoms with Crippen LogP contribution in [-0.4, -0.2) is 34.1 Å². The van der Waals surface area contributed by atoms with Gasteiger partial charge in [0, 0.05) is 23.7 Å². The van der Waals surface area contributed by atoms with E-state index in [2.05, 4.69) is 20.6 Å². The van der Waals surface area contributed by atoms with Crippen LogP contribution in [0.1, 0.15) is 18.4 Å². The van der Waals surface area contributed by atoms with Gasteiger partial charge in [-0.15, -0.1) is 0 Å². The maximum absolute atomic E-state index is 14.1. The van der Waals surface area contributed by atoms with Gasteiger partial charge >= 0.3 is 6.09 Å². The van der Waals surface area contributed by atoms with Gasteiger partial charge in [-0.3, -0.25) is 4.79 Å². The van der Waals surface area contributed by atoms with Gasteiger partial charge < -0.3 is 26.8 Å². The van der Waals surface area contributed by atoms with Crippen molar-refractivity contribution in [3.05, 3.63) is 47.1 Å². The van der Waals surface area contributed by atoms with Crippen molar-refractivity contribution in [3.8, 4) is 0 Å². The summed E-state index contributed by atoms with van der Waals surface area (Å²) in [6, 6.07) is 6.29. The molecule has 0 unspecified atom stereocenters. The monoisotopic (exact) mass is 448 g/mol. The van der Waals surface area contributed by atoms with Crippen LogP contribution in [0.4, 0.5) is 20.7 Å².